The molecule has 0 radical (unpaired) electrons. The molecule has 19 heavy (non-hydrogen) atoms. The molecule has 102 valence electrons. The van der Waals surface area contributed by atoms with Crippen LogP contribution in [-0.2, 0) is 9.84 Å². The topological polar surface area (TPSA) is 58.5 Å². The molecule has 8 heteroatoms. The van der Waals surface area contributed by atoms with E-state index in [2.05, 4.69) is 10.3 Å². The Bertz CT molecular complexity index is 661. The number of nitrogens with one attached hydrogen (secondary N) is 1. The van der Waals surface area contributed by atoms with E-state index in [4.69, 9.17) is 0 Å². The molecule has 1 N–H and O–H groups in total. The van der Waals surface area contributed by atoms with Gasteiger partial charge in [0.2, 0.25) is 0 Å². The fourth-order valence-electron chi connectivity index (χ4n) is 2.11. The number of amidine groups is 1. The van der Waals surface area contributed by atoms with Gasteiger partial charge in [0, 0.05) is 17.0 Å². The molecule has 0 unspecified atom stereocenters. The highest BCUT2D eigenvalue weighted by molar-refractivity contribution is 8.15. The standard InChI is InChI=1S/C11H10F2N2O2S2/c12-7-2-1-6(3-8(7)13)14-11-15-9-4-19(16,17)5-10(9)18-11/h1-3,9-10H,4-5H2,(H,14,15)/t9-,10-/m1/s1. The van der Waals surface area contributed by atoms with Gasteiger partial charge in [-0.3, -0.25) is 4.99 Å². The van der Waals surface area contributed by atoms with Crippen LogP contribution in [0.5, 0.6) is 0 Å². The smallest absolute Gasteiger partial charge is 0.161 e. The molecule has 1 saturated heterocycles. The molecule has 2 atom stereocenters. The quantitative estimate of drug-likeness (QED) is 0.857. The van der Waals surface area contributed by atoms with E-state index in [-0.39, 0.29) is 22.8 Å². The Morgan fingerprint density at radius 3 is 2.74 bits per heavy atom. The minimum absolute atomic E-state index is 0.0631. The number of benzene rings is 1. The molecular formula is C11H10F2N2O2S2. The normalized spacial score (nSPS) is 28.0. The summed E-state index contributed by atoms with van der Waals surface area (Å²) in [6, 6.07) is 3.25. The first-order chi connectivity index (χ1) is 8.93. The molecule has 2 aliphatic heterocycles. The number of anilines is 1. The lowest BCUT2D eigenvalue weighted by Crippen LogP contribution is -2.13. The number of halogens is 2. The third-order valence-electron chi connectivity index (χ3n) is 2.99. The SMILES string of the molecule is O=S1(=O)C[C@H]2N=C(Nc3ccc(F)c(F)c3)S[C@@H]2C1. The van der Waals surface area contributed by atoms with Crippen molar-refractivity contribution >= 4 is 32.5 Å². The predicted octanol–water partition coefficient (Wildman–Crippen LogP) is 1.65. The van der Waals surface area contributed by atoms with Crippen molar-refractivity contribution in [3.8, 4) is 0 Å². The molecule has 2 heterocycles. The van der Waals surface area contributed by atoms with Gasteiger partial charge in [-0.25, -0.2) is 17.2 Å². The Morgan fingerprint density at radius 2 is 2.05 bits per heavy atom. The minimum atomic E-state index is -2.98. The van der Waals surface area contributed by atoms with Crippen LogP contribution in [0.3, 0.4) is 0 Å². The Kier molecular flexibility index (Phi) is 3.01. The van der Waals surface area contributed by atoms with Gasteiger partial charge < -0.3 is 5.32 Å². The molecule has 1 aromatic rings. The van der Waals surface area contributed by atoms with Crippen LogP contribution in [0.2, 0.25) is 0 Å². The fraction of sp³-hybridized carbons (Fsp3) is 0.364. The van der Waals surface area contributed by atoms with Crippen molar-refractivity contribution in [2.45, 2.75) is 11.3 Å². The lowest BCUT2D eigenvalue weighted by atomic mass is 10.3. The highest BCUT2D eigenvalue weighted by Crippen LogP contribution is 2.34. The number of sulfone groups is 1. The van der Waals surface area contributed by atoms with Crippen molar-refractivity contribution in [1.82, 2.24) is 0 Å². The Hall–Kier alpha value is -1.15. The number of rotatable bonds is 1. The van der Waals surface area contributed by atoms with Crippen molar-refractivity contribution in [1.29, 1.82) is 0 Å². The highest BCUT2D eigenvalue weighted by atomic mass is 32.2. The first-order valence-electron chi connectivity index (χ1n) is 5.60. The number of aliphatic imine (C=N–C) groups is 1. The number of hydrogen-bond donors (Lipinski definition) is 1. The average Bonchev–Trinajstić information content (AvgIpc) is 2.76. The van der Waals surface area contributed by atoms with E-state index in [0.29, 0.717) is 10.9 Å². The Morgan fingerprint density at radius 1 is 1.26 bits per heavy atom. The Labute approximate surface area is 113 Å². The molecule has 0 spiro atoms. The van der Waals surface area contributed by atoms with Crippen LogP contribution in [0.1, 0.15) is 0 Å². The zero-order valence-corrected chi connectivity index (χ0v) is 11.3. The van der Waals surface area contributed by atoms with E-state index in [1.165, 1.54) is 17.8 Å². The molecule has 0 amide bonds. The van der Waals surface area contributed by atoms with E-state index < -0.39 is 21.5 Å². The molecule has 3 rings (SSSR count). The second kappa shape index (κ2) is 4.45. The molecule has 1 fully saturated rings. The summed E-state index contributed by atoms with van der Waals surface area (Å²) in [4.78, 5) is 4.27. The highest BCUT2D eigenvalue weighted by Gasteiger charge is 2.42. The van der Waals surface area contributed by atoms with Crippen LogP contribution >= 0.6 is 11.8 Å². The first kappa shape index (κ1) is 12.9. The van der Waals surface area contributed by atoms with Crippen LogP contribution in [0.15, 0.2) is 23.2 Å². The van der Waals surface area contributed by atoms with Crippen LogP contribution in [0.25, 0.3) is 0 Å². The molecule has 0 saturated carbocycles. The van der Waals surface area contributed by atoms with Gasteiger partial charge in [-0.1, -0.05) is 11.8 Å². The number of hydrogen-bond acceptors (Lipinski definition) is 5. The lowest BCUT2D eigenvalue weighted by molar-refractivity contribution is 0.509. The third kappa shape index (κ3) is 2.59. The maximum atomic E-state index is 13.0. The van der Waals surface area contributed by atoms with Crippen LogP contribution in [-0.4, -0.2) is 36.4 Å². The van der Waals surface area contributed by atoms with E-state index >= 15 is 0 Å². The fourth-order valence-corrected chi connectivity index (χ4v) is 5.79. The molecular weight excluding hydrogens is 294 g/mol. The van der Waals surface area contributed by atoms with Crippen LogP contribution in [0.4, 0.5) is 14.5 Å². The van der Waals surface area contributed by atoms with Gasteiger partial charge in [-0.2, -0.15) is 0 Å². The maximum Gasteiger partial charge on any atom is 0.161 e. The Balaban J connectivity index is 1.74. The van der Waals surface area contributed by atoms with Crippen molar-refractivity contribution in [3.05, 3.63) is 29.8 Å². The predicted molar refractivity (Wildman–Crippen MR) is 71.2 cm³/mol. The summed E-state index contributed by atoms with van der Waals surface area (Å²) in [7, 11) is -2.98. The number of thioether (sulfide) groups is 1. The first-order valence-corrected chi connectivity index (χ1v) is 8.30. The van der Waals surface area contributed by atoms with Crippen molar-refractivity contribution in [2.24, 2.45) is 4.99 Å². The molecule has 0 aromatic heterocycles. The summed E-state index contributed by atoms with van der Waals surface area (Å²) in [5.41, 5.74) is 0.396. The molecule has 0 bridgehead atoms. The van der Waals surface area contributed by atoms with Crippen molar-refractivity contribution in [3.63, 3.8) is 0 Å². The molecule has 1 aromatic carbocycles. The van der Waals surface area contributed by atoms with Gasteiger partial charge in [-0.05, 0) is 12.1 Å². The summed E-state index contributed by atoms with van der Waals surface area (Å²) in [6.07, 6.45) is 0. The van der Waals surface area contributed by atoms with E-state index in [0.717, 1.165) is 12.1 Å². The second-order valence-electron chi connectivity index (χ2n) is 4.49. The molecule has 0 aliphatic carbocycles. The van der Waals surface area contributed by atoms with Gasteiger partial charge in [0.1, 0.15) is 0 Å². The third-order valence-corrected chi connectivity index (χ3v) is 6.13. The van der Waals surface area contributed by atoms with Crippen molar-refractivity contribution in [2.75, 3.05) is 16.8 Å². The molecule has 2 aliphatic rings. The van der Waals surface area contributed by atoms with Gasteiger partial charge in [0.15, 0.2) is 26.6 Å². The van der Waals surface area contributed by atoms with Gasteiger partial charge in [0.25, 0.3) is 0 Å². The number of fused-ring (bicyclic) bond motifs is 1. The van der Waals surface area contributed by atoms with Gasteiger partial charge in [-0.15, -0.1) is 0 Å². The summed E-state index contributed by atoms with van der Waals surface area (Å²) in [5.74, 6) is -1.66. The number of nitrogens with zero attached hydrogens (tertiary/aromatic N) is 1. The van der Waals surface area contributed by atoms with Crippen LogP contribution < -0.4 is 5.32 Å². The van der Waals surface area contributed by atoms with Gasteiger partial charge >= 0.3 is 0 Å². The van der Waals surface area contributed by atoms with Crippen LogP contribution in [0, 0.1) is 11.6 Å². The van der Waals surface area contributed by atoms with E-state index in [1.54, 1.807) is 0 Å². The average molecular weight is 304 g/mol. The van der Waals surface area contributed by atoms with Crippen molar-refractivity contribution < 1.29 is 17.2 Å². The van der Waals surface area contributed by atoms with E-state index in [1.807, 2.05) is 0 Å². The zero-order valence-electron chi connectivity index (χ0n) is 9.64. The molecule has 4 nitrogen and oxygen atoms in total. The van der Waals surface area contributed by atoms with Gasteiger partial charge in [0.05, 0.1) is 17.5 Å². The largest absolute Gasteiger partial charge is 0.335 e. The maximum absolute atomic E-state index is 13.0. The minimum Gasteiger partial charge on any atom is -0.335 e. The summed E-state index contributed by atoms with van der Waals surface area (Å²) >= 11 is 1.33. The second-order valence-corrected chi connectivity index (χ2v) is 7.87. The summed E-state index contributed by atoms with van der Waals surface area (Å²) in [5, 5.41) is 3.36. The lowest BCUT2D eigenvalue weighted by Gasteiger charge is -2.06. The van der Waals surface area contributed by atoms with E-state index in [9.17, 15) is 17.2 Å². The monoisotopic (exact) mass is 304 g/mol. The zero-order chi connectivity index (χ0) is 13.6. The summed E-state index contributed by atoms with van der Waals surface area (Å²) in [6.45, 7) is 0. The summed E-state index contributed by atoms with van der Waals surface area (Å²) < 4.78 is 48.6.